The predicted octanol–water partition coefficient (Wildman–Crippen LogP) is 2.15. The Balaban J connectivity index is 1.50. The van der Waals surface area contributed by atoms with E-state index in [-0.39, 0.29) is 18.4 Å². The number of rotatable bonds is 10. The summed E-state index contributed by atoms with van der Waals surface area (Å²) in [7, 11) is 0. The number of carbonyl (C=O) groups is 2. The van der Waals surface area contributed by atoms with Crippen molar-refractivity contribution in [1.82, 2.24) is 20.2 Å². The zero-order valence-corrected chi connectivity index (χ0v) is 17.5. The zero-order chi connectivity index (χ0) is 20.5. The average molecular weight is 417 g/mol. The van der Waals surface area contributed by atoms with Crippen LogP contribution in [0.2, 0.25) is 0 Å². The van der Waals surface area contributed by atoms with Gasteiger partial charge in [0.05, 0.1) is 12.2 Å². The van der Waals surface area contributed by atoms with E-state index in [1.807, 2.05) is 30.7 Å². The number of amides is 2. The van der Waals surface area contributed by atoms with Gasteiger partial charge in [-0.3, -0.25) is 9.59 Å². The molecule has 0 aliphatic carbocycles. The Morgan fingerprint density at radius 1 is 1.28 bits per heavy atom. The normalized spacial score (nSPS) is 14.0. The van der Waals surface area contributed by atoms with Crippen molar-refractivity contribution in [2.24, 2.45) is 0 Å². The maximum absolute atomic E-state index is 12.7. The van der Waals surface area contributed by atoms with Gasteiger partial charge in [0, 0.05) is 19.2 Å². The fraction of sp³-hybridized carbons (Fsp3) is 0.476. The van der Waals surface area contributed by atoms with Crippen LogP contribution < -0.4 is 15.4 Å². The van der Waals surface area contributed by atoms with Crippen LogP contribution in [0.1, 0.15) is 30.8 Å². The van der Waals surface area contributed by atoms with Crippen LogP contribution in [0.5, 0.6) is 5.75 Å². The number of nitrogens with zero attached hydrogens (tertiary/aromatic N) is 2. The number of hydrogen-bond acceptors (Lipinski definition) is 5. The minimum absolute atomic E-state index is 0.124. The molecule has 1 aliphatic rings. The number of fused-ring (bicyclic) bond motifs is 1. The van der Waals surface area contributed by atoms with Crippen molar-refractivity contribution < 1.29 is 14.3 Å². The Bertz CT molecular complexity index is 786. The number of nitrogens with one attached hydrogen (secondary N) is 2. The molecule has 1 aromatic heterocycles. The highest BCUT2D eigenvalue weighted by molar-refractivity contribution is 7.98. The van der Waals surface area contributed by atoms with Crippen molar-refractivity contribution in [2.75, 3.05) is 18.6 Å². The van der Waals surface area contributed by atoms with Crippen LogP contribution in [-0.4, -0.2) is 46.0 Å². The number of imidazole rings is 1. The average Bonchev–Trinajstić information content (AvgIpc) is 3.17. The summed E-state index contributed by atoms with van der Waals surface area (Å²) in [6, 6.07) is 8.55. The molecule has 7 nitrogen and oxygen atoms in total. The van der Waals surface area contributed by atoms with E-state index in [9.17, 15) is 9.59 Å². The Kier molecular flexibility index (Phi) is 7.98. The van der Waals surface area contributed by atoms with Crippen LogP contribution in [-0.2, 0) is 29.1 Å². The first kappa shape index (κ1) is 21.2. The van der Waals surface area contributed by atoms with Crippen molar-refractivity contribution >= 4 is 23.6 Å². The quantitative estimate of drug-likeness (QED) is 0.620. The molecule has 1 aliphatic heterocycles. The highest BCUT2D eigenvalue weighted by Gasteiger charge is 2.21. The summed E-state index contributed by atoms with van der Waals surface area (Å²) in [5, 5.41) is 5.71. The Hall–Kier alpha value is -2.48. The number of ether oxygens (including phenoxy) is 1. The first-order valence-electron chi connectivity index (χ1n) is 9.94. The third-order valence-electron chi connectivity index (χ3n) is 4.78. The lowest BCUT2D eigenvalue weighted by Crippen LogP contribution is -2.48. The fourth-order valence-electron chi connectivity index (χ4n) is 3.26. The van der Waals surface area contributed by atoms with Gasteiger partial charge >= 0.3 is 0 Å². The smallest absolute Gasteiger partial charge is 0.258 e. The highest BCUT2D eigenvalue weighted by Crippen LogP contribution is 2.14. The van der Waals surface area contributed by atoms with E-state index < -0.39 is 6.04 Å². The van der Waals surface area contributed by atoms with E-state index in [2.05, 4.69) is 20.2 Å². The lowest BCUT2D eigenvalue weighted by molar-refractivity contribution is -0.130. The molecule has 2 heterocycles. The van der Waals surface area contributed by atoms with Gasteiger partial charge in [-0.25, -0.2) is 4.98 Å². The molecule has 0 saturated heterocycles. The van der Waals surface area contributed by atoms with Gasteiger partial charge in [-0.2, -0.15) is 11.8 Å². The number of para-hydroxylation sites is 1. The number of carbonyl (C=O) groups excluding carboxylic acids is 2. The summed E-state index contributed by atoms with van der Waals surface area (Å²) in [4.78, 5) is 29.5. The molecule has 2 amide bonds. The Morgan fingerprint density at radius 2 is 2.10 bits per heavy atom. The molecule has 0 saturated carbocycles. The topological polar surface area (TPSA) is 85.2 Å². The summed E-state index contributed by atoms with van der Waals surface area (Å²) in [6.45, 7) is 1.23. The van der Waals surface area contributed by atoms with Crippen LogP contribution >= 0.6 is 11.8 Å². The zero-order valence-electron chi connectivity index (χ0n) is 16.7. The van der Waals surface area contributed by atoms with Crippen molar-refractivity contribution in [3.63, 3.8) is 0 Å². The Labute approximate surface area is 175 Å². The molecule has 2 N–H and O–H groups in total. The van der Waals surface area contributed by atoms with Crippen molar-refractivity contribution in [3.05, 3.63) is 48.0 Å². The largest absolute Gasteiger partial charge is 0.484 e. The lowest BCUT2D eigenvalue weighted by Gasteiger charge is -2.18. The van der Waals surface area contributed by atoms with E-state index in [4.69, 9.17) is 4.74 Å². The van der Waals surface area contributed by atoms with Gasteiger partial charge in [-0.05, 0) is 43.4 Å². The third-order valence-corrected chi connectivity index (χ3v) is 5.42. The number of thioether (sulfide) groups is 1. The van der Waals surface area contributed by atoms with Gasteiger partial charge in [0.2, 0.25) is 5.91 Å². The van der Waals surface area contributed by atoms with E-state index in [0.29, 0.717) is 18.7 Å². The van der Waals surface area contributed by atoms with Crippen molar-refractivity contribution in [2.45, 2.75) is 44.8 Å². The van der Waals surface area contributed by atoms with Crippen molar-refractivity contribution in [1.29, 1.82) is 0 Å². The van der Waals surface area contributed by atoms with E-state index in [1.165, 1.54) is 6.42 Å². The van der Waals surface area contributed by atoms with Gasteiger partial charge in [0.1, 0.15) is 17.6 Å². The molecule has 1 unspecified atom stereocenters. The van der Waals surface area contributed by atoms with E-state index in [0.717, 1.165) is 36.7 Å². The van der Waals surface area contributed by atoms with Gasteiger partial charge in [0.15, 0.2) is 6.61 Å². The molecule has 0 bridgehead atoms. The molecule has 0 radical (unpaired) electrons. The maximum Gasteiger partial charge on any atom is 0.258 e. The number of aromatic nitrogens is 2. The molecule has 1 aromatic carbocycles. The second kappa shape index (κ2) is 10.9. The summed E-state index contributed by atoms with van der Waals surface area (Å²) in [5.41, 5.74) is 0.859. The van der Waals surface area contributed by atoms with E-state index in [1.54, 1.807) is 23.9 Å². The number of hydrogen-bond donors (Lipinski definition) is 2. The maximum atomic E-state index is 12.7. The standard InChI is InChI=1S/C21H28N4O3S/c1-29-12-10-18(24-20(26)15-28-17-7-3-2-4-8-17)21(27)22-13-16-14-25-11-6-5-9-19(25)23-16/h2-4,7-8,14,18H,5-6,9-13,15H2,1H3,(H,22,27)(H,24,26). The minimum atomic E-state index is -0.591. The van der Waals surface area contributed by atoms with Crippen LogP contribution in [0.4, 0.5) is 0 Å². The SMILES string of the molecule is CSCCC(NC(=O)COc1ccccc1)C(=O)NCc1cn2c(n1)CCCC2. The van der Waals surface area contributed by atoms with Crippen LogP contribution in [0, 0.1) is 0 Å². The van der Waals surface area contributed by atoms with Crippen molar-refractivity contribution in [3.8, 4) is 5.75 Å². The van der Waals surface area contributed by atoms with Gasteiger partial charge in [-0.15, -0.1) is 0 Å². The molecule has 1 atom stereocenters. The second-order valence-corrected chi connectivity index (χ2v) is 8.01. The predicted molar refractivity (Wildman–Crippen MR) is 114 cm³/mol. The second-order valence-electron chi connectivity index (χ2n) is 7.02. The summed E-state index contributed by atoms with van der Waals surface area (Å²) >= 11 is 1.64. The van der Waals surface area contributed by atoms with Crippen LogP contribution in [0.25, 0.3) is 0 Å². The fourth-order valence-corrected chi connectivity index (χ4v) is 3.74. The van der Waals surface area contributed by atoms with E-state index >= 15 is 0 Å². The monoisotopic (exact) mass is 416 g/mol. The molecular formula is C21H28N4O3S. The molecule has 29 heavy (non-hydrogen) atoms. The molecule has 3 rings (SSSR count). The molecule has 8 heteroatoms. The molecule has 156 valence electrons. The van der Waals surface area contributed by atoms with Gasteiger partial charge in [-0.1, -0.05) is 18.2 Å². The summed E-state index contributed by atoms with van der Waals surface area (Å²) in [5.74, 6) is 1.98. The first-order chi connectivity index (χ1) is 14.2. The summed E-state index contributed by atoms with van der Waals surface area (Å²) in [6.07, 6.45) is 7.87. The number of benzene rings is 1. The highest BCUT2D eigenvalue weighted by atomic mass is 32.2. The first-order valence-corrected chi connectivity index (χ1v) is 11.3. The van der Waals surface area contributed by atoms with Crippen LogP contribution in [0.3, 0.4) is 0 Å². The summed E-state index contributed by atoms with van der Waals surface area (Å²) < 4.78 is 7.63. The van der Waals surface area contributed by atoms with Crippen LogP contribution in [0.15, 0.2) is 36.5 Å². The Morgan fingerprint density at radius 3 is 2.86 bits per heavy atom. The molecule has 0 spiro atoms. The van der Waals surface area contributed by atoms with Gasteiger partial charge in [0.25, 0.3) is 5.91 Å². The van der Waals surface area contributed by atoms with Gasteiger partial charge < -0.3 is 19.9 Å². The number of aryl methyl sites for hydroxylation is 2. The molecule has 2 aromatic rings. The molecule has 0 fully saturated rings. The minimum Gasteiger partial charge on any atom is -0.484 e. The lowest BCUT2D eigenvalue weighted by atomic mass is 10.2. The molecular weight excluding hydrogens is 388 g/mol. The third kappa shape index (κ3) is 6.52.